The van der Waals surface area contributed by atoms with Crippen molar-refractivity contribution in [3.8, 4) is 5.88 Å². The van der Waals surface area contributed by atoms with Crippen LogP contribution in [0.4, 0.5) is 5.82 Å². The van der Waals surface area contributed by atoms with Gasteiger partial charge in [-0.05, 0) is 20.8 Å². The molecule has 0 aromatic carbocycles. The molecule has 2 rings (SSSR count). The lowest BCUT2D eigenvalue weighted by Crippen LogP contribution is -2.09. The summed E-state index contributed by atoms with van der Waals surface area (Å²) in [6.07, 6.45) is 1.46. The summed E-state index contributed by atoms with van der Waals surface area (Å²) in [7, 11) is 1.57. The molecule has 0 aliphatic carbocycles. The van der Waals surface area contributed by atoms with E-state index in [0.717, 1.165) is 17.0 Å². The summed E-state index contributed by atoms with van der Waals surface area (Å²) in [6.45, 7) is 5.85. The Morgan fingerprint density at radius 1 is 1.33 bits per heavy atom. The second-order valence-electron chi connectivity index (χ2n) is 4.05. The van der Waals surface area contributed by atoms with Crippen molar-refractivity contribution in [1.82, 2.24) is 15.1 Å². The molecule has 96 valence electrons. The molecule has 6 nitrogen and oxygen atoms in total. The number of methoxy groups -OCH3 is 1. The molecular formula is C12H16N4O2. The minimum Gasteiger partial charge on any atom is -0.481 e. The monoisotopic (exact) mass is 248 g/mol. The third-order valence-electron chi connectivity index (χ3n) is 2.74. The molecule has 2 aromatic heterocycles. The Balaban J connectivity index is 2.18. The van der Waals surface area contributed by atoms with Gasteiger partial charge in [0.15, 0.2) is 0 Å². The lowest BCUT2D eigenvalue weighted by atomic mass is 10.1. The van der Waals surface area contributed by atoms with E-state index in [1.54, 1.807) is 13.2 Å². The van der Waals surface area contributed by atoms with E-state index in [-0.39, 0.29) is 6.04 Å². The van der Waals surface area contributed by atoms with Gasteiger partial charge in [-0.1, -0.05) is 5.16 Å². The third kappa shape index (κ3) is 2.42. The average Bonchev–Trinajstić information content (AvgIpc) is 2.69. The first kappa shape index (κ1) is 12.3. The first-order valence-corrected chi connectivity index (χ1v) is 5.67. The largest absolute Gasteiger partial charge is 0.481 e. The summed E-state index contributed by atoms with van der Waals surface area (Å²) in [6, 6.07) is 1.80. The van der Waals surface area contributed by atoms with Crippen molar-refractivity contribution >= 4 is 5.82 Å². The van der Waals surface area contributed by atoms with Gasteiger partial charge in [0.2, 0.25) is 5.88 Å². The summed E-state index contributed by atoms with van der Waals surface area (Å²) < 4.78 is 10.2. The highest BCUT2D eigenvalue weighted by Gasteiger charge is 2.16. The minimum atomic E-state index is 0.0517. The Hall–Kier alpha value is -2.11. The third-order valence-corrected chi connectivity index (χ3v) is 2.74. The number of nitrogens with zero attached hydrogens (tertiary/aromatic N) is 3. The van der Waals surface area contributed by atoms with Crippen LogP contribution >= 0.6 is 0 Å². The van der Waals surface area contributed by atoms with Gasteiger partial charge in [-0.25, -0.2) is 9.97 Å². The fourth-order valence-electron chi connectivity index (χ4n) is 1.93. The molecule has 18 heavy (non-hydrogen) atoms. The van der Waals surface area contributed by atoms with E-state index >= 15 is 0 Å². The van der Waals surface area contributed by atoms with Crippen LogP contribution in [-0.2, 0) is 0 Å². The normalized spacial score (nSPS) is 12.2. The summed E-state index contributed by atoms with van der Waals surface area (Å²) in [5.74, 6) is 2.04. The maximum atomic E-state index is 5.15. The lowest BCUT2D eigenvalue weighted by molar-refractivity contribution is 0.392. The Bertz CT molecular complexity index is 519. The van der Waals surface area contributed by atoms with E-state index in [2.05, 4.69) is 20.4 Å². The zero-order chi connectivity index (χ0) is 13.1. The highest BCUT2D eigenvalue weighted by Crippen LogP contribution is 2.24. The second-order valence-corrected chi connectivity index (χ2v) is 4.05. The molecule has 0 amide bonds. The number of anilines is 1. The van der Waals surface area contributed by atoms with E-state index in [1.165, 1.54) is 6.33 Å². The molecule has 2 heterocycles. The van der Waals surface area contributed by atoms with Gasteiger partial charge in [-0.3, -0.25) is 0 Å². The maximum Gasteiger partial charge on any atom is 0.218 e. The number of nitrogens with one attached hydrogen (secondary N) is 1. The number of aromatic nitrogens is 3. The van der Waals surface area contributed by atoms with Crippen molar-refractivity contribution in [2.45, 2.75) is 26.8 Å². The van der Waals surface area contributed by atoms with Gasteiger partial charge in [0, 0.05) is 11.6 Å². The summed E-state index contributed by atoms with van der Waals surface area (Å²) >= 11 is 0. The Morgan fingerprint density at radius 2 is 2.11 bits per heavy atom. The van der Waals surface area contributed by atoms with Crippen molar-refractivity contribution in [2.75, 3.05) is 12.4 Å². The molecule has 0 aliphatic heterocycles. The predicted molar refractivity (Wildman–Crippen MR) is 66.6 cm³/mol. The zero-order valence-electron chi connectivity index (χ0n) is 10.9. The molecule has 0 spiro atoms. The number of hydrogen-bond acceptors (Lipinski definition) is 6. The first-order valence-electron chi connectivity index (χ1n) is 5.67. The molecule has 0 fully saturated rings. The predicted octanol–water partition coefficient (Wildman–Crippen LogP) is 2.26. The van der Waals surface area contributed by atoms with Gasteiger partial charge < -0.3 is 14.6 Å². The fourth-order valence-corrected chi connectivity index (χ4v) is 1.93. The van der Waals surface area contributed by atoms with E-state index in [9.17, 15) is 0 Å². The maximum absolute atomic E-state index is 5.15. The summed E-state index contributed by atoms with van der Waals surface area (Å²) in [5.41, 5.74) is 1.93. The van der Waals surface area contributed by atoms with Gasteiger partial charge in [-0.2, -0.15) is 0 Å². The van der Waals surface area contributed by atoms with E-state index in [1.807, 2.05) is 20.8 Å². The topological polar surface area (TPSA) is 73.1 Å². The molecule has 2 aromatic rings. The Kier molecular flexibility index (Phi) is 3.45. The molecule has 1 unspecified atom stereocenters. The summed E-state index contributed by atoms with van der Waals surface area (Å²) in [4.78, 5) is 8.10. The van der Waals surface area contributed by atoms with Crippen LogP contribution in [0.2, 0.25) is 0 Å². The molecule has 0 aliphatic rings. The minimum absolute atomic E-state index is 0.0517. The highest BCUT2D eigenvalue weighted by molar-refractivity contribution is 5.41. The fraction of sp³-hybridized carbons (Fsp3) is 0.417. The van der Waals surface area contributed by atoms with E-state index in [4.69, 9.17) is 9.26 Å². The number of hydrogen-bond donors (Lipinski definition) is 1. The molecule has 0 saturated carbocycles. The smallest absolute Gasteiger partial charge is 0.218 e. The quantitative estimate of drug-likeness (QED) is 0.894. The Labute approximate surface area is 105 Å². The Morgan fingerprint density at radius 3 is 2.72 bits per heavy atom. The van der Waals surface area contributed by atoms with Gasteiger partial charge in [0.25, 0.3) is 0 Å². The molecule has 0 radical (unpaired) electrons. The molecular weight excluding hydrogens is 232 g/mol. The van der Waals surface area contributed by atoms with Crippen molar-refractivity contribution < 1.29 is 9.26 Å². The van der Waals surface area contributed by atoms with Crippen molar-refractivity contribution in [2.24, 2.45) is 0 Å². The van der Waals surface area contributed by atoms with Crippen molar-refractivity contribution in [1.29, 1.82) is 0 Å². The van der Waals surface area contributed by atoms with Gasteiger partial charge in [0.05, 0.1) is 18.8 Å². The molecule has 1 atom stereocenters. The van der Waals surface area contributed by atoms with Crippen LogP contribution in [0.1, 0.15) is 30.0 Å². The van der Waals surface area contributed by atoms with Crippen LogP contribution in [-0.4, -0.2) is 22.2 Å². The SMILES string of the molecule is COc1cc(NC(C)c2c(C)noc2C)ncn1. The lowest BCUT2D eigenvalue weighted by Gasteiger charge is -2.14. The second kappa shape index (κ2) is 5.03. The standard InChI is InChI=1S/C12H16N4O2/c1-7(12-8(2)16-18-9(12)3)15-10-5-11(17-4)14-6-13-10/h5-7H,1-4H3,(H,13,14,15). The molecule has 0 bridgehead atoms. The molecule has 6 heteroatoms. The van der Waals surface area contributed by atoms with Crippen LogP contribution in [0.3, 0.4) is 0 Å². The van der Waals surface area contributed by atoms with Crippen LogP contribution in [0.25, 0.3) is 0 Å². The van der Waals surface area contributed by atoms with Crippen molar-refractivity contribution in [3.05, 3.63) is 29.4 Å². The highest BCUT2D eigenvalue weighted by atomic mass is 16.5. The molecule has 0 saturated heterocycles. The van der Waals surface area contributed by atoms with Gasteiger partial charge in [-0.15, -0.1) is 0 Å². The van der Waals surface area contributed by atoms with E-state index < -0.39 is 0 Å². The first-order chi connectivity index (χ1) is 8.61. The van der Waals surface area contributed by atoms with Gasteiger partial charge >= 0.3 is 0 Å². The van der Waals surface area contributed by atoms with Crippen molar-refractivity contribution in [3.63, 3.8) is 0 Å². The number of ether oxygens (including phenoxy) is 1. The van der Waals surface area contributed by atoms with Crippen LogP contribution in [0.5, 0.6) is 5.88 Å². The average molecular weight is 248 g/mol. The van der Waals surface area contributed by atoms with Gasteiger partial charge in [0.1, 0.15) is 17.9 Å². The van der Waals surface area contributed by atoms with Crippen LogP contribution in [0, 0.1) is 13.8 Å². The van der Waals surface area contributed by atoms with E-state index in [0.29, 0.717) is 11.7 Å². The molecule has 1 N–H and O–H groups in total. The zero-order valence-corrected chi connectivity index (χ0v) is 10.9. The summed E-state index contributed by atoms with van der Waals surface area (Å²) in [5, 5.41) is 7.21. The van der Waals surface area contributed by atoms with Crippen LogP contribution < -0.4 is 10.1 Å². The number of rotatable bonds is 4. The number of aryl methyl sites for hydroxylation is 2. The van der Waals surface area contributed by atoms with Crippen LogP contribution in [0.15, 0.2) is 16.9 Å².